The zero-order valence-electron chi connectivity index (χ0n) is 7.95. The fourth-order valence-electron chi connectivity index (χ4n) is 1.11. The Hall–Kier alpha value is -0.660. The molecule has 12 heavy (non-hydrogen) atoms. The zero-order chi connectivity index (χ0) is 9.40. The highest BCUT2D eigenvalue weighted by atomic mass is 16.1. The molecule has 0 rings (SSSR count). The van der Waals surface area contributed by atoms with Crippen molar-refractivity contribution in [2.75, 3.05) is 0 Å². The largest absolute Gasteiger partial charge is 0.303 e. The summed E-state index contributed by atoms with van der Waals surface area (Å²) in [5, 5.41) is 0. The molecular formula is C10H18O2. The molecule has 0 radical (unpaired) electrons. The van der Waals surface area contributed by atoms with Gasteiger partial charge in [0.05, 0.1) is 0 Å². The predicted octanol–water partition coefficient (Wildman–Crippen LogP) is 2.22. The molecule has 0 spiro atoms. The number of carbonyl (C=O) groups is 2. The molecule has 0 aromatic heterocycles. The van der Waals surface area contributed by atoms with Crippen molar-refractivity contribution in [3.8, 4) is 0 Å². The van der Waals surface area contributed by atoms with Crippen LogP contribution in [0.25, 0.3) is 0 Å². The van der Waals surface area contributed by atoms with E-state index < -0.39 is 0 Å². The van der Waals surface area contributed by atoms with E-state index in [0.29, 0.717) is 12.3 Å². The summed E-state index contributed by atoms with van der Waals surface area (Å²) >= 11 is 0. The topological polar surface area (TPSA) is 34.1 Å². The molecule has 2 nitrogen and oxygen atoms in total. The fraction of sp³-hybridized carbons (Fsp3) is 0.800. The van der Waals surface area contributed by atoms with Gasteiger partial charge < -0.3 is 9.59 Å². The Morgan fingerprint density at radius 2 is 1.75 bits per heavy atom. The maximum atomic E-state index is 10.3. The summed E-state index contributed by atoms with van der Waals surface area (Å²) in [5.41, 5.74) is 0. The van der Waals surface area contributed by atoms with Crippen LogP contribution in [0.2, 0.25) is 0 Å². The SMILES string of the molecule is CC(C=O)CCC(C)CCC=O. The van der Waals surface area contributed by atoms with Gasteiger partial charge in [-0.2, -0.15) is 0 Å². The summed E-state index contributed by atoms with van der Waals surface area (Å²) in [5.74, 6) is 0.737. The van der Waals surface area contributed by atoms with Crippen molar-refractivity contribution < 1.29 is 9.59 Å². The van der Waals surface area contributed by atoms with Crippen LogP contribution in [0.3, 0.4) is 0 Å². The molecule has 0 aromatic rings. The summed E-state index contributed by atoms with van der Waals surface area (Å²) in [6.45, 7) is 4.06. The van der Waals surface area contributed by atoms with Crippen molar-refractivity contribution in [2.24, 2.45) is 11.8 Å². The first-order valence-corrected chi connectivity index (χ1v) is 4.59. The van der Waals surface area contributed by atoms with Crippen LogP contribution in [0.5, 0.6) is 0 Å². The quantitative estimate of drug-likeness (QED) is 0.549. The van der Waals surface area contributed by atoms with Crippen molar-refractivity contribution in [2.45, 2.75) is 39.5 Å². The molecule has 70 valence electrons. The Kier molecular flexibility index (Phi) is 6.63. The van der Waals surface area contributed by atoms with E-state index in [1.807, 2.05) is 6.92 Å². The number of carbonyl (C=O) groups excluding carboxylic acids is 2. The van der Waals surface area contributed by atoms with Gasteiger partial charge in [0, 0.05) is 12.3 Å². The molecule has 2 unspecified atom stereocenters. The van der Waals surface area contributed by atoms with E-state index in [4.69, 9.17) is 0 Å². The lowest BCUT2D eigenvalue weighted by atomic mass is 9.96. The van der Waals surface area contributed by atoms with Crippen LogP contribution in [0, 0.1) is 11.8 Å². The van der Waals surface area contributed by atoms with Crippen LogP contribution in [0.1, 0.15) is 39.5 Å². The number of hydrogen-bond donors (Lipinski definition) is 0. The summed E-state index contributed by atoms with van der Waals surface area (Å²) in [6.07, 6.45) is 5.55. The van der Waals surface area contributed by atoms with Crippen molar-refractivity contribution in [3.05, 3.63) is 0 Å². The molecule has 0 amide bonds. The zero-order valence-corrected chi connectivity index (χ0v) is 7.95. The third kappa shape index (κ3) is 6.08. The first kappa shape index (κ1) is 11.3. The predicted molar refractivity (Wildman–Crippen MR) is 48.9 cm³/mol. The standard InChI is InChI=1S/C10H18O2/c1-9(4-3-7-11)5-6-10(2)8-12/h7-10H,3-6H2,1-2H3. The van der Waals surface area contributed by atoms with Crippen LogP contribution >= 0.6 is 0 Å². The summed E-state index contributed by atoms with van der Waals surface area (Å²) in [7, 11) is 0. The highest BCUT2D eigenvalue weighted by Crippen LogP contribution is 2.14. The average molecular weight is 170 g/mol. The third-order valence-electron chi connectivity index (χ3n) is 2.12. The second-order valence-corrected chi connectivity index (χ2v) is 3.54. The molecule has 0 saturated carbocycles. The lowest BCUT2D eigenvalue weighted by molar-refractivity contribution is -0.111. The third-order valence-corrected chi connectivity index (χ3v) is 2.12. The van der Waals surface area contributed by atoms with Gasteiger partial charge in [0.15, 0.2) is 0 Å². The van der Waals surface area contributed by atoms with Gasteiger partial charge in [-0.05, 0) is 18.8 Å². The van der Waals surface area contributed by atoms with Crippen LogP contribution in [0.15, 0.2) is 0 Å². The highest BCUT2D eigenvalue weighted by molar-refractivity contribution is 5.52. The number of hydrogen-bond acceptors (Lipinski definition) is 2. The lowest BCUT2D eigenvalue weighted by Crippen LogP contribution is -2.01. The van der Waals surface area contributed by atoms with E-state index in [1.54, 1.807) is 0 Å². The first-order valence-electron chi connectivity index (χ1n) is 4.59. The molecule has 0 aromatic carbocycles. The van der Waals surface area contributed by atoms with E-state index >= 15 is 0 Å². The van der Waals surface area contributed by atoms with E-state index in [1.165, 1.54) is 0 Å². The van der Waals surface area contributed by atoms with Gasteiger partial charge in [-0.3, -0.25) is 0 Å². The molecule has 2 heteroatoms. The van der Waals surface area contributed by atoms with Gasteiger partial charge in [0.25, 0.3) is 0 Å². The Bertz CT molecular complexity index is 132. The first-order chi connectivity index (χ1) is 5.70. The van der Waals surface area contributed by atoms with E-state index in [0.717, 1.165) is 31.8 Å². The molecule has 2 atom stereocenters. The molecule has 0 aliphatic rings. The number of rotatable bonds is 7. The molecular weight excluding hydrogens is 152 g/mol. The Morgan fingerprint density at radius 3 is 2.25 bits per heavy atom. The maximum Gasteiger partial charge on any atom is 0.122 e. The molecule has 0 N–H and O–H groups in total. The van der Waals surface area contributed by atoms with Gasteiger partial charge in [-0.15, -0.1) is 0 Å². The van der Waals surface area contributed by atoms with Crippen molar-refractivity contribution >= 4 is 12.6 Å². The number of aldehydes is 2. The molecule has 0 bridgehead atoms. The Balaban J connectivity index is 3.35. The van der Waals surface area contributed by atoms with Crippen LogP contribution in [-0.2, 0) is 9.59 Å². The fourth-order valence-corrected chi connectivity index (χ4v) is 1.11. The van der Waals surface area contributed by atoms with E-state index in [9.17, 15) is 9.59 Å². The van der Waals surface area contributed by atoms with Crippen LogP contribution < -0.4 is 0 Å². The smallest absolute Gasteiger partial charge is 0.122 e. The monoisotopic (exact) mass is 170 g/mol. The summed E-state index contributed by atoms with van der Waals surface area (Å²) in [4.78, 5) is 20.3. The van der Waals surface area contributed by atoms with E-state index in [2.05, 4.69) is 6.92 Å². The van der Waals surface area contributed by atoms with Gasteiger partial charge >= 0.3 is 0 Å². The van der Waals surface area contributed by atoms with Gasteiger partial charge in [0.2, 0.25) is 0 Å². The molecule has 0 saturated heterocycles. The molecule has 0 heterocycles. The van der Waals surface area contributed by atoms with Gasteiger partial charge in [-0.25, -0.2) is 0 Å². The lowest BCUT2D eigenvalue weighted by Gasteiger charge is -2.09. The summed E-state index contributed by atoms with van der Waals surface area (Å²) < 4.78 is 0. The minimum absolute atomic E-state index is 0.170. The molecule has 0 aliphatic carbocycles. The normalized spacial score (nSPS) is 15.2. The van der Waals surface area contributed by atoms with Crippen molar-refractivity contribution in [1.29, 1.82) is 0 Å². The highest BCUT2D eigenvalue weighted by Gasteiger charge is 2.04. The molecule has 0 fully saturated rings. The Labute approximate surface area is 74.3 Å². The Morgan fingerprint density at radius 1 is 1.08 bits per heavy atom. The van der Waals surface area contributed by atoms with Crippen molar-refractivity contribution in [1.82, 2.24) is 0 Å². The van der Waals surface area contributed by atoms with Gasteiger partial charge in [0.1, 0.15) is 12.6 Å². The van der Waals surface area contributed by atoms with Crippen molar-refractivity contribution in [3.63, 3.8) is 0 Å². The van der Waals surface area contributed by atoms with Crippen LogP contribution in [-0.4, -0.2) is 12.6 Å². The van der Waals surface area contributed by atoms with Gasteiger partial charge in [-0.1, -0.05) is 20.3 Å². The maximum absolute atomic E-state index is 10.3. The van der Waals surface area contributed by atoms with Crippen LogP contribution in [0.4, 0.5) is 0 Å². The average Bonchev–Trinajstić information content (AvgIpc) is 2.10. The molecule has 0 aliphatic heterocycles. The summed E-state index contributed by atoms with van der Waals surface area (Å²) in [6, 6.07) is 0. The minimum atomic E-state index is 0.170. The minimum Gasteiger partial charge on any atom is -0.303 e. The second-order valence-electron chi connectivity index (χ2n) is 3.54. The van der Waals surface area contributed by atoms with E-state index in [-0.39, 0.29) is 5.92 Å². The second kappa shape index (κ2) is 7.01.